The molecule has 6 heteroatoms. The van der Waals surface area contributed by atoms with E-state index in [9.17, 15) is 9.59 Å². The quantitative estimate of drug-likeness (QED) is 0.797. The molecule has 0 spiro atoms. The Hall–Kier alpha value is -2.30. The molecule has 0 fully saturated rings. The van der Waals surface area contributed by atoms with Crippen molar-refractivity contribution >= 4 is 40.7 Å². The molecular weight excluding hydrogens is 335 g/mol. The maximum atomic E-state index is 12.2. The Morgan fingerprint density at radius 1 is 1.00 bits per heavy atom. The van der Waals surface area contributed by atoms with Crippen LogP contribution in [0.2, 0.25) is 10.0 Å². The van der Waals surface area contributed by atoms with E-state index in [0.29, 0.717) is 28.4 Å². The Morgan fingerprint density at radius 2 is 1.61 bits per heavy atom. The van der Waals surface area contributed by atoms with E-state index in [0.717, 1.165) is 0 Å². The summed E-state index contributed by atoms with van der Waals surface area (Å²) in [7, 11) is 0. The van der Waals surface area contributed by atoms with Gasteiger partial charge in [0.05, 0.1) is 15.7 Å². The molecule has 0 aliphatic carbocycles. The Bertz CT molecular complexity index is 743. The van der Waals surface area contributed by atoms with Gasteiger partial charge in [-0.05, 0) is 36.4 Å². The largest absolute Gasteiger partial charge is 0.349 e. The fraction of sp³-hybridized carbons (Fsp3) is 0.0588. The molecule has 0 aliphatic heterocycles. The molecule has 0 saturated carbocycles. The molecule has 0 heterocycles. The van der Waals surface area contributed by atoms with Crippen molar-refractivity contribution in [2.24, 2.45) is 0 Å². The molecule has 2 amide bonds. The van der Waals surface area contributed by atoms with E-state index in [1.165, 1.54) is 0 Å². The van der Waals surface area contributed by atoms with Gasteiger partial charge < -0.3 is 10.6 Å². The molecule has 2 rings (SSSR count). The Kier molecular flexibility index (Phi) is 5.79. The Balaban J connectivity index is 2.10. The van der Waals surface area contributed by atoms with Crippen LogP contribution >= 0.6 is 23.2 Å². The highest BCUT2D eigenvalue weighted by Gasteiger charge is 2.11. The summed E-state index contributed by atoms with van der Waals surface area (Å²) in [6.45, 7) is 3.91. The molecular formula is C17H14Cl2N2O2. The van der Waals surface area contributed by atoms with Crippen LogP contribution in [0.3, 0.4) is 0 Å². The maximum Gasteiger partial charge on any atom is 0.255 e. The molecule has 0 aliphatic rings. The normalized spacial score (nSPS) is 10.0. The number of anilines is 1. The molecule has 0 radical (unpaired) electrons. The minimum atomic E-state index is -0.341. The monoisotopic (exact) mass is 348 g/mol. The van der Waals surface area contributed by atoms with Crippen LogP contribution in [0, 0.1) is 0 Å². The smallest absolute Gasteiger partial charge is 0.255 e. The molecule has 4 nitrogen and oxygen atoms in total. The predicted molar refractivity (Wildman–Crippen MR) is 93.4 cm³/mol. The summed E-state index contributed by atoms with van der Waals surface area (Å²) in [6.07, 6.45) is 1.59. The van der Waals surface area contributed by atoms with Crippen molar-refractivity contribution in [2.75, 3.05) is 11.9 Å². The number of benzene rings is 2. The zero-order valence-electron chi connectivity index (χ0n) is 12.1. The number of carbonyl (C=O) groups excluding carboxylic acids is 2. The highest BCUT2D eigenvalue weighted by atomic mass is 35.5. The fourth-order valence-corrected chi connectivity index (χ4v) is 2.18. The number of nitrogens with one attached hydrogen (secondary N) is 2. The van der Waals surface area contributed by atoms with Gasteiger partial charge in [0.25, 0.3) is 11.8 Å². The lowest BCUT2D eigenvalue weighted by molar-refractivity contribution is 0.0956. The van der Waals surface area contributed by atoms with E-state index in [1.807, 2.05) is 0 Å². The van der Waals surface area contributed by atoms with Gasteiger partial charge in [0.15, 0.2) is 0 Å². The first-order chi connectivity index (χ1) is 11.0. The number of hydrogen-bond acceptors (Lipinski definition) is 2. The van der Waals surface area contributed by atoms with E-state index in [-0.39, 0.29) is 16.8 Å². The summed E-state index contributed by atoms with van der Waals surface area (Å²) in [5.41, 5.74) is 1.29. The van der Waals surface area contributed by atoms with Crippen LogP contribution in [0.4, 0.5) is 5.69 Å². The van der Waals surface area contributed by atoms with E-state index in [4.69, 9.17) is 23.2 Å². The van der Waals surface area contributed by atoms with Crippen LogP contribution in [0.25, 0.3) is 0 Å². The number of hydrogen-bond donors (Lipinski definition) is 2. The summed E-state index contributed by atoms with van der Waals surface area (Å²) < 4.78 is 0. The van der Waals surface area contributed by atoms with Crippen LogP contribution in [0.15, 0.2) is 55.1 Å². The Morgan fingerprint density at radius 3 is 2.22 bits per heavy atom. The van der Waals surface area contributed by atoms with Gasteiger partial charge in [0, 0.05) is 17.7 Å². The minimum Gasteiger partial charge on any atom is -0.349 e. The maximum absolute atomic E-state index is 12.2. The second kappa shape index (κ2) is 7.81. The first kappa shape index (κ1) is 17.1. The molecule has 0 aromatic heterocycles. The predicted octanol–water partition coefficient (Wildman–Crippen LogP) is 4.16. The molecule has 23 heavy (non-hydrogen) atoms. The van der Waals surface area contributed by atoms with Crippen LogP contribution in [0.1, 0.15) is 20.7 Å². The summed E-state index contributed by atoms with van der Waals surface area (Å²) in [5, 5.41) is 5.98. The molecule has 118 valence electrons. The van der Waals surface area contributed by atoms with Gasteiger partial charge in [-0.15, -0.1) is 6.58 Å². The average Bonchev–Trinajstić information content (AvgIpc) is 2.57. The van der Waals surface area contributed by atoms with Gasteiger partial charge in [0.1, 0.15) is 0 Å². The van der Waals surface area contributed by atoms with Crippen molar-refractivity contribution in [1.29, 1.82) is 0 Å². The van der Waals surface area contributed by atoms with E-state index in [2.05, 4.69) is 17.2 Å². The number of amides is 2. The zero-order valence-corrected chi connectivity index (χ0v) is 13.6. The highest BCUT2D eigenvalue weighted by molar-refractivity contribution is 6.44. The second-order valence-electron chi connectivity index (χ2n) is 4.63. The minimum absolute atomic E-state index is 0.227. The van der Waals surface area contributed by atoms with E-state index >= 15 is 0 Å². The summed E-state index contributed by atoms with van der Waals surface area (Å²) in [5.74, 6) is -0.568. The SMILES string of the molecule is C=CCNC(=O)c1ccc(C(=O)Nc2cccc(Cl)c2Cl)cc1. The lowest BCUT2D eigenvalue weighted by Gasteiger charge is -2.09. The molecule has 2 N–H and O–H groups in total. The van der Waals surface area contributed by atoms with Gasteiger partial charge in [-0.25, -0.2) is 0 Å². The van der Waals surface area contributed by atoms with Gasteiger partial charge >= 0.3 is 0 Å². The molecule has 0 bridgehead atoms. The third-order valence-electron chi connectivity index (χ3n) is 3.02. The van der Waals surface area contributed by atoms with Crippen molar-refractivity contribution in [3.8, 4) is 0 Å². The molecule has 2 aromatic carbocycles. The third-order valence-corrected chi connectivity index (χ3v) is 3.83. The van der Waals surface area contributed by atoms with E-state index < -0.39 is 0 Å². The molecule has 2 aromatic rings. The number of rotatable bonds is 5. The first-order valence-corrected chi connectivity index (χ1v) is 7.53. The number of carbonyl (C=O) groups is 2. The van der Waals surface area contributed by atoms with Crippen molar-refractivity contribution in [2.45, 2.75) is 0 Å². The standard InChI is InChI=1S/C17H14Cl2N2O2/c1-2-10-20-16(22)11-6-8-12(9-7-11)17(23)21-14-5-3-4-13(18)15(14)19/h2-9H,1,10H2,(H,20,22)(H,21,23). The van der Waals surface area contributed by atoms with E-state index in [1.54, 1.807) is 48.5 Å². The van der Waals surface area contributed by atoms with Crippen LogP contribution < -0.4 is 10.6 Å². The van der Waals surface area contributed by atoms with Gasteiger partial charge in [-0.2, -0.15) is 0 Å². The molecule has 0 atom stereocenters. The Labute approximate surface area is 144 Å². The van der Waals surface area contributed by atoms with Crippen molar-refractivity contribution < 1.29 is 9.59 Å². The molecule has 0 saturated heterocycles. The lowest BCUT2D eigenvalue weighted by Crippen LogP contribution is -2.23. The fourth-order valence-electron chi connectivity index (χ4n) is 1.83. The van der Waals surface area contributed by atoms with Crippen molar-refractivity contribution in [3.63, 3.8) is 0 Å². The van der Waals surface area contributed by atoms with Gasteiger partial charge in [-0.1, -0.05) is 35.3 Å². The number of halogens is 2. The average molecular weight is 349 g/mol. The summed E-state index contributed by atoms with van der Waals surface area (Å²) >= 11 is 11.9. The van der Waals surface area contributed by atoms with Crippen molar-refractivity contribution in [3.05, 3.63) is 76.3 Å². The van der Waals surface area contributed by atoms with Gasteiger partial charge in [-0.3, -0.25) is 9.59 Å². The topological polar surface area (TPSA) is 58.2 Å². The second-order valence-corrected chi connectivity index (χ2v) is 5.42. The molecule has 0 unspecified atom stereocenters. The summed E-state index contributed by atoms with van der Waals surface area (Å²) in [6, 6.07) is 11.3. The van der Waals surface area contributed by atoms with Crippen molar-refractivity contribution in [1.82, 2.24) is 5.32 Å². The van der Waals surface area contributed by atoms with Crippen LogP contribution in [-0.4, -0.2) is 18.4 Å². The third kappa shape index (κ3) is 4.34. The lowest BCUT2D eigenvalue weighted by atomic mass is 10.1. The van der Waals surface area contributed by atoms with Gasteiger partial charge in [0.2, 0.25) is 0 Å². The highest BCUT2D eigenvalue weighted by Crippen LogP contribution is 2.29. The zero-order chi connectivity index (χ0) is 16.8. The first-order valence-electron chi connectivity index (χ1n) is 6.77. The van der Waals surface area contributed by atoms with Crippen LogP contribution in [0.5, 0.6) is 0 Å². The van der Waals surface area contributed by atoms with Crippen LogP contribution in [-0.2, 0) is 0 Å². The summed E-state index contributed by atoms with van der Waals surface area (Å²) in [4.78, 5) is 24.0.